The second-order valence-electron chi connectivity index (χ2n) is 8.44. The van der Waals surface area contributed by atoms with Crippen LogP contribution in [-0.2, 0) is 34.1 Å². The van der Waals surface area contributed by atoms with Gasteiger partial charge in [-0.2, -0.15) is 26.3 Å². The molecule has 1 fully saturated rings. The standard InChI is InChI=1S/C26H20F7NO3/c27-22-8-6-19(7-9-22)24(16-36-11-10-34(24)15-17-4-2-1-3-5-17)37-23(35)18-12-20(25(28,29)30)14-21(13-18)26(31,32)33/h1-9,12-14H,10-11,15-16H2/t24-/m1/s1. The quantitative estimate of drug-likeness (QED) is 0.284. The van der Waals surface area contributed by atoms with Crippen LogP contribution < -0.4 is 0 Å². The molecule has 37 heavy (non-hydrogen) atoms. The van der Waals surface area contributed by atoms with Crippen LogP contribution in [0.1, 0.15) is 32.6 Å². The molecule has 0 saturated carbocycles. The maximum Gasteiger partial charge on any atom is 0.416 e. The average molecular weight is 527 g/mol. The minimum Gasteiger partial charge on any atom is -0.433 e. The monoisotopic (exact) mass is 527 g/mol. The summed E-state index contributed by atoms with van der Waals surface area (Å²) in [6, 6.07) is 14.3. The summed E-state index contributed by atoms with van der Waals surface area (Å²) in [6.45, 7) is 0.332. The predicted molar refractivity (Wildman–Crippen MR) is 118 cm³/mol. The Hall–Kier alpha value is -3.44. The van der Waals surface area contributed by atoms with Crippen molar-refractivity contribution in [1.29, 1.82) is 0 Å². The fraction of sp³-hybridized carbons (Fsp3) is 0.269. The van der Waals surface area contributed by atoms with Gasteiger partial charge in [0, 0.05) is 18.7 Å². The summed E-state index contributed by atoms with van der Waals surface area (Å²) in [5.74, 6) is -2.02. The fourth-order valence-corrected chi connectivity index (χ4v) is 4.08. The van der Waals surface area contributed by atoms with Gasteiger partial charge >= 0.3 is 18.3 Å². The third-order valence-corrected chi connectivity index (χ3v) is 5.91. The zero-order valence-corrected chi connectivity index (χ0v) is 19.1. The number of alkyl halides is 6. The van der Waals surface area contributed by atoms with Gasteiger partial charge in [0.05, 0.1) is 23.3 Å². The number of morpholine rings is 1. The molecule has 3 aromatic carbocycles. The van der Waals surface area contributed by atoms with E-state index in [-0.39, 0.29) is 37.9 Å². The van der Waals surface area contributed by atoms with Gasteiger partial charge in [0.15, 0.2) is 0 Å². The molecule has 1 atom stereocenters. The van der Waals surface area contributed by atoms with E-state index in [1.807, 2.05) is 0 Å². The number of nitrogens with zero attached hydrogens (tertiary/aromatic N) is 1. The van der Waals surface area contributed by atoms with Gasteiger partial charge in [0.25, 0.3) is 0 Å². The molecule has 196 valence electrons. The normalized spacial score (nSPS) is 19.0. The number of benzene rings is 3. The lowest BCUT2D eigenvalue weighted by molar-refractivity contribution is -0.202. The minimum atomic E-state index is -5.14. The Bertz CT molecular complexity index is 1210. The van der Waals surface area contributed by atoms with Crippen molar-refractivity contribution in [3.8, 4) is 0 Å². The molecule has 11 heteroatoms. The third-order valence-electron chi connectivity index (χ3n) is 5.91. The first kappa shape index (κ1) is 26.6. The zero-order chi connectivity index (χ0) is 26.8. The number of hydrogen-bond acceptors (Lipinski definition) is 4. The summed E-state index contributed by atoms with van der Waals surface area (Å²) in [7, 11) is 0. The van der Waals surface area contributed by atoms with Crippen molar-refractivity contribution < 1.29 is 45.0 Å². The van der Waals surface area contributed by atoms with Crippen LogP contribution in [0.25, 0.3) is 0 Å². The number of rotatable bonds is 5. The summed E-state index contributed by atoms with van der Waals surface area (Å²) >= 11 is 0. The topological polar surface area (TPSA) is 38.8 Å². The van der Waals surface area contributed by atoms with Crippen LogP contribution in [-0.4, -0.2) is 30.6 Å². The summed E-state index contributed by atoms with van der Waals surface area (Å²) < 4.78 is 105. The smallest absolute Gasteiger partial charge is 0.416 e. The molecule has 1 aliphatic heterocycles. The summed E-state index contributed by atoms with van der Waals surface area (Å²) in [5.41, 5.74) is -4.96. The SMILES string of the molecule is O=C(O[C@@]1(c2ccc(F)cc2)COCCN1Cc1ccccc1)c1cc(C(F)(F)F)cc(C(F)(F)F)c1. The van der Waals surface area contributed by atoms with E-state index in [0.717, 1.165) is 17.7 Å². The van der Waals surface area contributed by atoms with Crippen LogP contribution in [0.2, 0.25) is 0 Å². The molecule has 4 nitrogen and oxygen atoms in total. The van der Waals surface area contributed by atoms with Crippen LogP contribution in [0.4, 0.5) is 30.7 Å². The van der Waals surface area contributed by atoms with Crippen molar-refractivity contribution in [2.45, 2.75) is 24.6 Å². The van der Waals surface area contributed by atoms with Crippen LogP contribution in [0, 0.1) is 5.82 Å². The first-order valence-corrected chi connectivity index (χ1v) is 11.0. The molecule has 0 N–H and O–H groups in total. The molecule has 0 radical (unpaired) electrons. The molecule has 4 rings (SSSR count). The molecule has 0 aliphatic carbocycles. The Kier molecular flexibility index (Phi) is 7.29. The van der Waals surface area contributed by atoms with Gasteiger partial charge in [-0.1, -0.05) is 42.5 Å². The lowest BCUT2D eigenvalue weighted by Gasteiger charge is -2.46. The van der Waals surface area contributed by atoms with E-state index in [1.54, 1.807) is 35.2 Å². The highest BCUT2D eigenvalue weighted by Crippen LogP contribution is 2.39. The highest BCUT2D eigenvalue weighted by Gasteiger charge is 2.46. The first-order valence-electron chi connectivity index (χ1n) is 11.0. The van der Waals surface area contributed by atoms with Crippen molar-refractivity contribution in [3.63, 3.8) is 0 Å². The van der Waals surface area contributed by atoms with Gasteiger partial charge < -0.3 is 9.47 Å². The zero-order valence-electron chi connectivity index (χ0n) is 19.1. The summed E-state index contributed by atoms with van der Waals surface area (Å²) in [4.78, 5) is 14.9. The van der Waals surface area contributed by atoms with Crippen molar-refractivity contribution in [2.75, 3.05) is 19.8 Å². The van der Waals surface area contributed by atoms with E-state index < -0.39 is 46.6 Å². The van der Waals surface area contributed by atoms with Gasteiger partial charge in [-0.25, -0.2) is 9.18 Å². The highest BCUT2D eigenvalue weighted by molar-refractivity contribution is 5.90. The maximum absolute atomic E-state index is 13.7. The van der Waals surface area contributed by atoms with Crippen LogP contribution in [0.15, 0.2) is 72.8 Å². The van der Waals surface area contributed by atoms with E-state index in [2.05, 4.69) is 0 Å². The van der Waals surface area contributed by atoms with Gasteiger partial charge in [-0.3, -0.25) is 4.90 Å². The van der Waals surface area contributed by atoms with Crippen molar-refractivity contribution in [2.24, 2.45) is 0 Å². The Balaban J connectivity index is 1.79. The van der Waals surface area contributed by atoms with E-state index in [1.165, 1.54) is 12.1 Å². The number of halogens is 7. The Morgan fingerprint density at radius 1 is 0.892 bits per heavy atom. The first-order chi connectivity index (χ1) is 17.4. The molecule has 3 aromatic rings. The third kappa shape index (κ3) is 5.94. The second-order valence-corrected chi connectivity index (χ2v) is 8.44. The van der Waals surface area contributed by atoms with E-state index >= 15 is 0 Å². The summed E-state index contributed by atoms with van der Waals surface area (Å²) in [5, 5.41) is 0. The molecule has 0 unspecified atom stereocenters. The number of carbonyl (C=O) groups excluding carboxylic acids is 1. The number of hydrogen-bond donors (Lipinski definition) is 0. The molecular formula is C26H20F7NO3. The molecule has 0 amide bonds. The fourth-order valence-electron chi connectivity index (χ4n) is 4.08. The largest absolute Gasteiger partial charge is 0.433 e. The van der Waals surface area contributed by atoms with Crippen molar-refractivity contribution in [3.05, 3.63) is 106 Å². The maximum atomic E-state index is 13.7. The van der Waals surface area contributed by atoms with E-state index in [4.69, 9.17) is 9.47 Å². The number of carbonyl (C=O) groups is 1. The Morgan fingerprint density at radius 3 is 2.05 bits per heavy atom. The van der Waals surface area contributed by atoms with E-state index in [9.17, 15) is 35.5 Å². The molecule has 1 heterocycles. The van der Waals surface area contributed by atoms with Crippen LogP contribution >= 0.6 is 0 Å². The lowest BCUT2D eigenvalue weighted by Crippen LogP contribution is -2.56. The van der Waals surface area contributed by atoms with Gasteiger partial charge in [-0.15, -0.1) is 0 Å². The molecular weight excluding hydrogens is 507 g/mol. The molecule has 1 saturated heterocycles. The highest BCUT2D eigenvalue weighted by atomic mass is 19.4. The minimum absolute atomic E-state index is 0.0715. The Labute approximate surface area is 207 Å². The second kappa shape index (κ2) is 10.1. The molecule has 0 bridgehead atoms. The summed E-state index contributed by atoms with van der Waals surface area (Å²) in [6.07, 6.45) is -10.3. The molecule has 0 spiro atoms. The average Bonchev–Trinajstić information content (AvgIpc) is 2.85. The molecule has 1 aliphatic rings. The number of ether oxygens (including phenoxy) is 2. The van der Waals surface area contributed by atoms with Crippen LogP contribution in [0.5, 0.6) is 0 Å². The van der Waals surface area contributed by atoms with Gasteiger partial charge in [0.1, 0.15) is 12.4 Å². The van der Waals surface area contributed by atoms with Crippen LogP contribution in [0.3, 0.4) is 0 Å². The van der Waals surface area contributed by atoms with Crippen molar-refractivity contribution >= 4 is 5.97 Å². The van der Waals surface area contributed by atoms with Gasteiger partial charge in [-0.05, 0) is 35.9 Å². The Morgan fingerprint density at radius 2 is 1.49 bits per heavy atom. The van der Waals surface area contributed by atoms with Crippen molar-refractivity contribution in [1.82, 2.24) is 4.90 Å². The molecule has 0 aromatic heterocycles. The lowest BCUT2D eigenvalue weighted by atomic mass is 9.98. The predicted octanol–water partition coefficient (Wildman–Crippen LogP) is 6.41. The number of esters is 1. The van der Waals surface area contributed by atoms with E-state index in [0.29, 0.717) is 12.1 Å². The van der Waals surface area contributed by atoms with Gasteiger partial charge in [0.2, 0.25) is 5.72 Å².